The van der Waals surface area contributed by atoms with Gasteiger partial charge in [-0.25, -0.2) is 9.97 Å². The van der Waals surface area contributed by atoms with Gasteiger partial charge in [0.05, 0.1) is 0 Å². The fourth-order valence-corrected chi connectivity index (χ4v) is 8.42. The van der Waals surface area contributed by atoms with Crippen LogP contribution in [0.1, 0.15) is 79.8 Å². The number of hydrogen-bond donors (Lipinski definition) is 4. The van der Waals surface area contributed by atoms with Gasteiger partial charge in [0.15, 0.2) is 0 Å². The minimum Gasteiger partial charge on any atom is -0.365 e. The van der Waals surface area contributed by atoms with E-state index < -0.39 is 0 Å². The predicted molar refractivity (Wildman–Crippen MR) is 244 cm³/mol. The van der Waals surface area contributed by atoms with Crippen LogP contribution in [0.25, 0.3) is 0 Å². The third kappa shape index (κ3) is 10.9. The number of aryl methyl sites for hydroxylation is 2. The van der Waals surface area contributed by atoms with E-state index in [1.165, 1.54) is 34.4 Å². The number of carbonyl (C=O) groups excluding carboxylic acids is 2. The van der Waals surface area contributed by atoms with Crippen molar-refractivity contribution in [2.75, 3.05) is 54.0 Å². The van der Waals surface area contributed by atoms with Crippen molar-refractivity contribution in [3.63, 3.8) is 0 Å². The smallest absolute Gasteiger partial charge is 0.246 e. The van der Waals surface area contributed by atoms with Crippen molar-refractivity contribution in [3.05, 3.63) is 107 Å². The van der Waals surface area contributed by atoms with Crippen molar-refractivity contribution in [1.82, 2.24) is 39.5 Å². The Balaban J connectivity index is 0.000000184. The standard InChI is InChI=1S/C24H32N6O.C23H30N6O/c1-5-22(31)29-10-6-7-21(15-29)26-23-17(4)12-25-24(28-23)27-20-9-8-18-13-30(16(2)3)14-19(18)11-20;1-4-21(30)29-10-6-7-20(15-29)25-22-16(3)12-24-23(27-22)26-19-9-8-17-13-28(5-2)14-18(17)11-19/h5,8-9,11-12,16,21H,1,6-7,10,13-15H2,2-4H3,(H2,25,26,27,28);4,8-9,11-12,20H,1,5-7,10,13-15H2,2-3H3,(H2,24,25,26,27). The van der Waals surface area contributed by atoms with E-state index in [9.17, 15) is 9.59 Å². The van der Waals surface area contributed by atoms with Gasteiger partial charge in [0, 0.05) is 105 Å². The maximum absolute atomic E-state index is 12.0. The van der Waals surface area contributed by atoms with Gasteiger partial charge in [-0.3, -0.25) is 19.4 Å². The van der Waals surface area contributed by atoms with E-state index in [1.54, 1.807) is 0 Å². The lowest BCUT2D eigenvalue weighted by Gasteiger charge is -2.33. The second-order valence-corrected chi connectivity index (χ2v) is 16.9. The number of hydrogen-bond acceptors (Lipinski definition) is 12. The molecule has 2 amide bonds. The number of rotatable bonds is 12. The van der Waals surface area contributed by atoms with Crippen LogP contribution in [0.5, 0.6) is 0 Å². The van der Waals surface area contributed by atoms with Gasteiger partial charge in [0.1, 0.15) is 11.6 Å². The van der Waals surface area contributed by atoms with Crippen molar-refractivity contribution < 1.29 is 9.59 Å². The zero-order valence-electron chi connectivity index (χ0n) is 36.5. The molecule has 4 aromatic rings. The molecule has 8 rings (SSSR count). The first-order chi connectivity index (χ1) is 29.5. The fourth-order valence-electron chi connectivity index (χ4n) is 8.42. The van der Waals surface area contributed by atoms with Crippen LogP contribution in [-0.2, 0) is 35.8 Å². The number of aromatic nitrogens is 4. The number of carbonyl (C=O) groups is 2. The Morgan fingerprint density at radius 1 is 0.721 bits per heavy atom. The van der Waals surface area contributed by atoms with Crippen molar-refractivity contribution in [2.45, 2.75) is 105 Å². The van der Waals surface area contributed by atoms with Gasteiger partial charge in [0.2, 0.25) is 23.7 Å². The van der Waals surface area contributed by atoms with Crippen LogP contribution in [0.2, 0.25) is 0 Å². The van der Waals surface area contributed by atoms with E-state index in [0.29, 0.717) is 31.0 Å². The highest BCUT2D eigenvalue weighted by Gasteiger charge is 2.25. The van der Waals surface area contributed by atoms with E-state index >= 15 is 0 Å². The quantitative estimate of drug-likeness (QED) is 0.106. The number of anilines is 6. The second-order valence-electron chi connectivity index (χ2n) is 16.9. The van der Waals surface area contributed by atoms with E-state index in [1.807, 2.05) is 36.0 Å². The molecule has 14 heteroatoms. The molecule has 2 fully saturated rings. The van der Waals surface area contributed by atoms with Crippen LogP contribution in [-0.4, -0.2) is 102 Å². The molecule has 0 saturated carbocycles. The first-order valence-electron chi connectivity index (χ1n) is 21.8. The van der Waals surface area contributed by atoms with Crippen molar-refractivity contribution in [2.24, 2.45) is 0 Å². The minimum absolute atomic E-state index is 0.0125. The van der Waals surface area contributed by atoms with E-state index in [2.05, 4.69) is 111 Å². The van der Waals surface area contributed by atoms with Crippen LogP contribution in [0.3, 0.4) is 0 Å². The molecule has 2 aromatic heterocycles. The SMILES string of the molecule is C=CC(=O)N1CCCC(Nc2nc(Nc3ccc4c(c3)CN(C(C)C)C4)ncc2C)C1.C=CC(=O)N1CCCC(Nc2nc(Nc3ccc4c(c3)CN(CC)C4)ncc2C)C1. The summed E-state index contributed by atoms with van der Waals surface area (Å²) in [5.74, 6) is 2.73. The first-order valence-corrected chi connectivity index (χ1v) is 21.8. The van der Waals surface area contributed by atoms with Gasteiger partial charge in [-0.2, -0.15) is 9.97 Å². The van der Waals surface area contributed by atoms with Crippen molar-refractivity contribution in [3.8, 4) is 0 Å². The summed E-state index contributed by atoms with van der Waals surface area (Å²) in [6, 6.07) is 13.8. The topological polar surface area (TPSA) is 147 Å². The molecule has 2 saturated heterocycles. The van der Waals surface area contributed by atoms with E-state index in [4.69, 9.17) is 9.97 Å². The minimum atomic E-state index is -0.0130. The molecule has 4 N–H and O–H groups in total. The summed E-state index contributed by atoms with van der Waals surface area (Å²) in [4.78, 5) is 50.8. The van der Waals surface area contributed by atoms with Gasteiger partial charge in [-0.05, 0) is 119 Å². The van der Waals surface area contributed by atoms with Gasteiger partial charge < -0.3 is 31.1 Å². The normalized spacial score (nSPS) is 18.7. The zero-order chi connectivity index (χ0) is 43.0. The largest absolute Gasteiger partial charge is 0.365 e. The monoisotopic (exact) mass is 827 g/mol. The van der Waals surface area contributed by atoms with Crippen LogP contribution < -0.4 is 21.3 Å². The fraction of sp³-hybridized carbons (Fsp3) is 0.447. The molecule has 6 heterocycles. The van der Waals surface area contributed by atoms with Gasteiger partial charge in [0.25, 0.3) is 0 Å². The average Bonchev–Trinajstić information content (AvgIpc) is 3.90. The molecule has 0 radical (unpaired) electrons. The molecule has 322 valence electrons. The Morgan fingerprint density at radius 3 is 1.66 bits per heavy atom. The predicted octanol–water partition coefficient (Wildman–Crippen LogP) is 7.29. The summed E-state index contributed by atoms with van der Waals surface area (Å²) in [5, 5.41) is 13.7. The number of fused-ring (bicyclic) bond motifs is 2. The average molecular weight is 827 g/mol. The van der Waals surface area contributed by atoms with Gasteiger partial charge in [-0.15, -0.1) is 0 Å². The molecule has 14 nitrogen and oxygen atoms in total. The molecule has 61 heavy (non-hydrogen) atoms. The number of nitrogens with one attached hydrogen (secondary N) is 4. The number of amides is 2. The summed E-state index contributed by atoms with van der Waals surface area (Å²) in [5.41, 5.74) is 9.48. The molecular weight excluding hydrogens is 765 g/mol. The molecule has 2 unspecified atom stereocenters. The van der Waals surface area contributed by atoms with Gasteiger partial charge in [-0.1, -0.05) is 32.2 Å². The Hall–Kier alpha value is -5.86. The van der Waals surface area contributed by atoms with Crippen molar-refractivity contribution >= 4 is 46.7 Å². The van der Waals surface area contributed by atoms with Gasteiger partial charge >= 0.3 is 0 Å². The third-order valence-corrected chi connectivity index (χ3v) is 12.1. The summed E-state index contributed by atoms with van der Waals surface area (Å²) >= 11 is 0. The molecular formula is C47H62N12O2. The Kier molecular flexibility index (Phi) is 13.9. The Bertz CT molecular complexity index is 2230. The summed E-state index contributed by atoms with van der Waals surface area (Å²) < 4.78 is 0. The molecule has 0 bridgehead atoms. The third-order valence-electron chi connectivity index (χ3n) is 12.1. The number of likely N-dealkylation sites (tertiary alicyclic amines) is 2. The zero-order valence-corrected chi connectivity index (χ0v) is 36.5. The molecule has 2 aromatic carbocycles. The molecule has 4 aliphatic rings. The summed E-state index contributed by atoms with van der Waals surface area (Å²) in [7, 11) is 0. The highest BCUT2D eigenvalue weighted by Crippen LogP contribution is 2.30. The molecule has 4 aliphatic heterocycles. The molecule has 2 atom stereocenters. The lowest BCUT2D eigenvalue weighted by atomic mass is 10.1. The maximum Gasteiger partial charge on any atom is 0.246 e. The highest BCUT2D eigenvalue weighted by atomic mass is 16.2. The number of benzene rings is 2. The Morgan fingerprint density at radius 2 is 1.18 bits per heavy atom. The summed E-state index contributed by atoms with van der Waals surface area (Å²) in [6.45, 7) is 25.8. The molecule has 0 spiro atoms. The molecule has 0 aliphatic carbocycles. The van der Waals surface area contributed by atoms with Crippen LogP contribution in [0.15, 0.2) is 74.1 Å². The number of nitrogens with zero attached hydrogens (tertiary/aromatic N) is 8. The van der Waals surface area contributed by atoms with Crippen molar-refractivity contribution in [1.29, 1.82) is 0 Å². The highest BCUT2D eigenvalue weighted by molar-refractivity contribution is 5.87. The maximum atomic E-state index is 12.0. The lowest BCUT2D eigenvalue weighted by molar-refractivity contribution is -0.127. The Labute approximate surface area is 360 Å². The lowest BCUT2D eigenvalue weighted by Crippen LogP contribution is -2.44. The second kappa shape index (κ2) is 19.7. The van der Waals surface area contributed by atoms with E-state index in [-0.39, 0.29) is 23.9 Å². The van der Waals surface area contributed by atoms with Crippen LogP contribution in [0.4, 0.5) is 34.9 Å². The van der Waals surface area contributed by atoms with Crippen LogP contribution >= 0.6 is 0 Å². The summed E-state index contributed by atoms with van der Waals surface area (Å²) in [6.07, 6.45) is 10.4. The number of piperidine rings is 2. The van der Waals surface area contributed by atoms with Crippen LogP contribution in [0, 0.1) is 13.8 Å². The van der Waals surface area contributed by atoms with E-state index in [0.717, 1.165) is 106 Å². The first kappa shape index (κ1) is 43.2.